The van der Waals surface area contributed by atoms with Crippen LogP contribution in [0.15, 0.2) is 54.9 Å². The third kappa shape index (κ3) is 4.01. The Morgan fingerprint density at radius 2 is 1.94 bits per heavy atom. The first-order valence-electron chi connectivity index (χ1n) is 11.2. The lowest BCUT2D eigenvalue weighted by Gasteiger charge is -2.33. The number of fused-ring (bicyclic) bond motifs is 2. The van der Waals surface area contributed by atoms with Crippen molar-refractivity contribution in [3.8, 4) is 11.6 Å². The predicted octanol–water partition coefficient (Wildman–Crippen LogP) is 3.79. The number of piperidine rings is 1. The first-order valence-corrected chi connectivity index (χ1v) is 11.2. The molecule has 0 saturated carbocycles. The van der Waals surface area contributed by atoms with Gasteiger partial charge in [0.15, 0.2) is 0 Å². The molecule has 0 amide bonds. The Hall–Kier alpha value is -3.16. The lowest BCUT2D eigenvalue weighted by Crippen LogP contribution is -2.41. The standard InChI is InChI=1S/C25H29N5O2/c1-26-19-10-12-29(13-11-19)23-5-3-4-18-6-9-24(28-25(18)23)30-17-27-21-16-20(7-8-22(21)30)32-15-14-31-2/h3-9,16-17,19,26H,10-15H2,1-2H3. The number of pyridine rings is 1. The minimum Gasteiger partial charge on any atom is -0.491 e. The van der Waals surface area contributed by atoms with Crippen molar-refractivity contribution in [3.05, 3.63) is 54.9 Å². The van der Waals surface area contributed by atoms with Gasteiger partial charge in [-0.25, -0.2) is 9.97 Å². The highest BCUT2D eigenvalue weighted by molar-refractivity contribution is 5.92. The number of imidazole rings is 1. The van der Waals surface area contributed by atoms with Gasteiger partial charge in [0.05, 0.1) is 28.8 Å². The summed E-state index contributed by atoms with van der Waals surface area (Å²) in [6.07, 6.45) is 4.12. The maximum atomic E-state index is 5.73. The number of hydrogen-bond donors (Lipinski definition) is 1. The first kappa shape index (κ1) is 20.7. The molecule has 1 N–H and O–H groups in total. The minimum absolute atomic E-state index is 0.517. The molecule has 0 spiro atoms. The number of nitrogens with one attached hydrogen (secondary N) is 1. The summed E-state index contributed by atoms with van der Waals surface area (Å²) < 4.78 is 12.8. The zero-order chi connectivity index (χ0) is 21.9. The molecular formula is C25H29N5O2. The number of hydrogen-bond acceptors (Lipinski definition) is 6. The van der Waals surface area contributed by atoms with E-state index in [0.29, 0.717) is 19.3 Å². The molecule has 7 heteroatoms. The molecule has 0 unspecified atom stereocenters. The van der Waals surface area contributed by atoms with Gasteiger partial charge in [-0.1, -0.05) is 12.1 Å². The molecule has 7 nitrogen and oxygen atoms in total. The Morgan fingerprint density at radius 3 is 2.75 bits per heavy atom. The summed E-state index contributed by atoms with van der Waals surface area (Å²) >= 11 is 0. The third-order valence-electron chi connectivity index (χ3n) is 6.25. The van der Waals surface area contributed by atoms with Gasteiger partial charge in [0.25, 0.3) is 0 Å². The Kier molecular flexibility index (Phi) is 5.92. The molecule has 1 saturated heterocycles. The molecule has 0 aliphatic carbocycles. The Labute approximate surface area is 188 Å². The molecule has 1 aliphatic heterocycles. The van der Waals surface area contributed by atoms with Crippen LogP contribution in [0.5, 0.6) is 5.75 Å². The minimum atomic E-state index is 0.517. The molecule has 3 heterocycles. The highest BCUT2D eigenvalue weighted by Crippen LogP contribution is 2.30. The van der Waals surface area contributed by atoms with Gasteiger partial charge in [0, 0.05) is 37.7 Å². The van der Waals surface area contributed by atoms with E-state index in [4.69, 9.17) is 14.5 Å². The number of anilines is 1. The van der Waals surface area contributed by atoms with Crippen LogP contribution >= 0.6 is 0 Å². The van der Waals surface area contributed by atoms with Crippen LogP contribution in [0.3, 0.4) is 0 Å². The normalized spacial score (nSPS) is 15.0. The van der Waals surface area contributed by atoms with Crippen molar-refractivity contribution in [1.82, 2.24) is 19.9 Å². The summed E-state index contributed by atoms with van der Waals surface area (Å²) in [6, 6.07) is 17.2. The van der Waals surface area contributed by atoms with Crippen LogP contribution in [0.1, 0.15) is 12.8 Å². The molecule has 2 aromatic heterocycles. The molecule has 1 aliphatic rings. The summed E-state index contributed by atoms with van der Waals surface area (Å²) in [4.78, 5) is 12.1. The second-order valence-corrected chi connectivity index (χ2v) is 8.17. The zero-order valence-corrected chi connectivity index (χ0v) is 18.6. The van der Waals surface area contributed by atoms with Crippen molar-refractivity contribution < 1.29 is 9.47 Å². The number of benzene rings is 2. The lowest BCUT2D eigenvalue weighted by atomic mass is 10.0. The van der Waals surface area contributed by atoms with Gasteiger partial charge in [-0.15, -0.1) is 0 Å². The summed E-state index contributed by atoms with van der Waals surface area (Å²) in [5.41, 5.74) is 4.12. The average Bonchev–Trinajstić information content (AvgIpc) is 3.27. The first-order chi connectivity index (χ1) is 15.8. The number of nitrogens with zero attached hydrogens (tertiary/aromatic N) is 4. The fraction of sp³-hybridized carbons (Fsp3) is 0.360. The van der Waals surface area contributed by atoms with Crippen LogP contribution in [0.2, 0.25) is 0 Å². The van der Waals surface area contributed by atoms with E-state index in [1.54, 1.807) is 7.11 Å². The Balaban J connectivity index is 1.47. The van der Waals surface area contributed by atoms with E-state index < -0.39 is 0 Å². The number of aromatic nitrogens is 3. The number of methoxy groups -OCH3 is 1. The number of ether oxygens (including phenoxy) is 2. The second-order valence-electron chi connectivity index (χ2n) is 8.17. The lowest BCUT2D eigenvalue weighted by molar-refractivity contribution is 0.146. The van der Waals surface area contributed by atoms with Crippen LogP contribution < -0.4 is 15.0 Å². The maximum absolute atomic E-state index is 5.73. The predicted molar refractivity (Wildman–Crippen MR) is 128 cm³/mol. The van der Waals surface area contributed by atoms with Crippen molar-refractivity contribution in [2.75, 3.05) is 45.4 Å². The highest BCUT2D eigenvalue weighted by Gasteiger charge is 2.20. The van der Waals surface area contributed by atoms with Crippen molar-refractivity contribution >= 4 is 27.6 Å². The summed E-state index contributed by atoms with van der Waals surface area (Å²) in [5, 5.41) is 4.56. The molecule has 5 rings (SSSR count). The number of rotatable bonds is 7. The van der Waals surface area contributed by atoms with E-state index in [1.165, 1.54) is 5.69 Å². The van der Waals surface area contributed by atoms with Crippen LogP contribution in [-0.4, -0.2) is 61.0 Å². The van der Waals surface area contributed by atoms with Crippen molar-refractivity contribution in [2.24, 2.45) is 0 Å². The van der Waals surface area contributed by atoms with Gasteiger partial charge >= 0.3 is 0 Å². The third-order valence-corrected chi connectivity index (χ3v) is 6.25. The molecule has 2 aromatic carbocycles. The van der Waals surface area contributed by atoms with E-state index in [9.17, 15) is 0 Å². The zero-order valence-electron chi connectivity index (χ0n) is 18.6. The summed E-state index contributed by atoms with van der Waals surface area (Å²) in [6.45, 7) is 3.15. The molecule has 166 valence electrons. The topological polar surface area (TPSA) is 64.4 Å². The smallest absolute Gasteiger partial charge is 0.139 e. The van der Waals surface area contributed by atoms with E-state index in [2.05, 4.69) is 52.6 Å². The van der Waals surface area contributed by atoms with E-state index >= 15 is 0 Å². The van der Waals surface area contributed by atoms with Gasteiger partial charge in [0.2, 0.25) is 0 Å². The van der Waals surface area contributed by atoms with Gasteiger partial charge in [-0.05, 0) is 50.2 Å². The van der Waals surface area contributed by atoms with Crippen LogP contribution in [0.25, 0.3) is 27.8 Å². The Morgan fingerprint density at radius 1 is 1.06 bits per heavy atom. The fourth-order valence-corrected chi connectivity index (χ4v) is 4.43. The van der Waals surface area contributed by atoms with Gasteiger partial charge in [-0.3, -0.25) is 4.57 Å². The van der Waals surface area contributed by atoms with Crippen molar-refractivity contribution in [3.63, 3.8) is 0 Å². The molecule has 4 aromatic rings. The largest absolute Gasteiger partial charge is 0.491 e. The van der Waals surface area contributed by atoms with Crippen LogP contribution in [0.4, 0.5) is 5.69 Å². The molecule has 32 heavy (non-hydrogen) atoms. The molecule has 0 radical (unpaired) electrons. The summed E-state index contributed by atoms with van der Waals surface area (Å²) in [5.74, 6) is 1.66. The molecule has 1 fully saturated rings. The van der Waals surface area contributed by atoms with E-state index in [0.717, 1.165) is 59.4 Å². The molecule has 0 atom stereocenters. The van der Waals surface area contributed by atoms with Crippen LogP contribution in [-0.2, 0) is 4.74 Å². The second kappa shape index (κ2) is 9.14. The van der Waals surface area contributed by atoms with Gasteiger partial charge in [-0.2, -0.15) is 0 Å². The van der Waals surface area contributed by atoms with Gasteiger partial charge in [0.1, 0.15) is 24.5 Å². The monoisotopic (exact) mass is 431 g/mol. The maximum Gasteiger partial charge on any atom is 0.139 e. The van der Waals surface area contributed by atoms with Crippen molar-refractivity contribution in [1.29, 1.82) is 0 Å². The van der Waals surface area contributed by atoms with E-state index in [1.807, 2.05) is 29.1 Å². The van der Waals surface area contributed by atoms with Gasteiger partial charge < -0.3 is 19.7 Å². The fourth-order valence-electron chi connectivity index (χ4n) is 4.43. The number of para-hydroxylation sites is 1. The quantitative estimate of drug-likeness (QED) is 0.449. The molecule has 0 bridgehead atoms. The highest BCUT2D eigenvalue weighted by atomic mass is 16.5. The van der Waals surface area contributed by atoms with Crippen molar-refractivity contribution in [2.45, 2.75) is 18.9 Å². The summed E-state index contributed by atoms with van der Waals surface area (Å²) in [7, 11) is 3.72. The van der Waals surface area contributed by atoms with E-state index in [-0.39, 0.29) is 0 Å². The van der Waals surface area contributed by atoms with Crippen LogP contribution in [0, 0.1) is 0 Å². The molecular weight excluding hydrogens is 402 g/mol. The SMILES string of the molecule is CNC1CCN(c2cccc3ccc(-n4cnc5cc(OCCOC)ccc54)nc23)CC1. The Bertz CT molecular complexity index is 1210. The average molecular weight is 432 g/mol.